The lowest BCUT2D eigenvalue weighted by molar-refractivity contribution is 0.101. The van der Waals surface area contributed by atoms with Crippen LogP contribution in [0.5, 0.6) is 5.75 Å². The van der Waals surface area contributed by atoms with Gasteiger partial charge in [-0.25, -0.2) is 4.68 Å². The number of methoxy groups -OCH3 is 1. The molecule has 0 fully saturated rings. The van der Waals surface area contributed by atoms with E-state index in [-0.39, 0.29) is 5.82 Å². The number of benzene rings is 2. The molecule has 27 heavy (non-hydrogen) atoms. The summed E-state index contributed by atoms with van der Waals surface area (Å²) in [6.45, 7) is 0. The Morgan fingerprint density at radius 2 is 1.74 bits per heavy atom. The van der Waals surface area contributed by atoms with Crippen molar-refractivity contribution in [2.75, 3.05) is 12.4 Å². The molecule has 0 aliphatic carbocycles. The molecular weight excluding hydrogens is 350 g/mol. The standard InChI is InChI=1S/C16H13N9O2/c1-27-14-8-6-13(7-9-14)25-20-15(19-22-25)16(26)18-11-2-4-12(5-3-11)24-10-17-21-23-24/h2-10H,1H3,(H,18,26). The highest BCUT2D eigenvalue weighted by Gasteiger charge is 2.14. The number of hydrogen-bond acceptors (Lipinski definition) is 8. The van der Waals surface area contributed by atoms with Gasteiger partial charge in [0.15, 0.2) is 0 Å². The number of nitrogens with zero attached hydrogens (tertiary/aromatic N) is 8. The summed E-state index contributed by atoms with van der Waals surface area (Å²) in [6, 6.07) is 14.1. The summed E-state index contributed by atoms with van der Waals surface area (Å²) < 4.78 is 6.61. The van der Waals surface area contributed by atoms with Crippen LogP contribution < -0.4 is 10.1 Å². The van der Waals surface area contributed by atoms with Gasteiger partial charge in [0.2, 0.25) is 0 Å². The van der Waals surface area contributed by atoms with Crippen LogP contribution in [0.3, 0.4) is 0 Å². The lowest BCUT2D eigenvalue weighted by Gasteiger charge is -2.04. The zero-order chi connectivity index (χ0) is 18.6. The van der Waals surface area contributed by atoms with Crippen molar-refractivity contribution in [2.24, 2.45) is 0 Å². The molecule has 4 aromatic rings. The largest absolute Gasteiger partial charge is 0.497 e. The van der Waals surface area contributed by atoms with Crippen LogP contribution in [0.15, 0.2) is 54.9 Å². The maximum atomic E-state index is 12.3. The Morgan fingerprint density at radius 3 is 2.41 bits per heavy atom. The SMILES string of the molecule is COc1ccc(-n2nnc(C(=O)Nc3ccc(-n4cnnn4)cc3)n2)cc1. The Bertz CT molecular complexity index is 1040. The molecule has 0 aliphatic rings. The van der Waals surface area contributed by atoms with E-state index >= 15 is 0 Å². The van der Waals surface area contributed by atoms with E-state index in [0.717, 1.165) is 5.69 Å². The third-order valence-corrected chi connectivity index (χ3v) is 3.66. The zero-order valence-corrected chi connectivity index (χ0v) is 14.1. The van der Waals surface area contributed by atoms with Crippen LogP contribution in [0.1, 0.15) is 10.6 Å². The summed E-state index contributed by atoms with van der Waals surface area (Å²) in [5.74, 6) is 0.197. The Kier molecular flexibility index (Phi) is 4.23. The number of ether oxygens (including phenoxy) is 1. The van der Waals surface area contributed by atoms with Gasteiger partial charge in [0.05, 0.1) is 18.5 Å². The van der Waals surface area contributed by atoms with Crippen molar-refractivity contribution >= 4 is 11.6 Å². The maximum Gasteiger partial charge on any atom is 0.297 e. The second-order valence-electron chi connectivity index (χ2n) is 5.36. The number of hydrogen-bond donors (Lipinski definition) is 1. The lowest BCUT2D eigenvalue weighted by atomic mass is 10.3. The molecule has 0 aliphatic heterocycles. The number of amides is 1. The molecule has 0 saturated carbocycles. The molecule has 134 valence electrons. The fraction of sp³-hybridized carbons (Fsp3) is 0.0625. The van der Waals surface area contributed by atoms with Gasteiger partial charge < -0.3 is 10.1 Å². The molecular formula is C16H13N9O2. The molecule has 2 aromatic carbocycles. The van der Waals surface area contributed by atoms with E-state index in [2.05, 4.69) is 36.3 Å². The van der Waals surface area contributed by atoms with E-state index in [1.807, 2.05) is 0 Å². The molecule has 0 atom stereocenters. The quantitative estimate of drug-likeness (QED) is 0.554. The molecule has 0 spiro atoms. The van der Waals surface area contributed by atoms with Crippen molar-refractivity contribution < 1.29 is 9.53 Å². The van der Waals surface area contributed by atoms with Crippen molar-refractivity contribution in [2.45, 2.75) is 0 Å². The Morgan fingerprint density at radius 1 is 1.00 bits per heavy atom. The van der Waals surface area contributed by atoms with Crippen molar-refractivity contribution in [3.8, 4) is 17.1 Å². The molecule has 2 aromatic heterocycles. The van der Waals surface area contributed by atoms with Crippen molar-refractivity contribution in [3.05, 3.63) is 60.7 Å². The molecule has 1 N–H and O–H groups in total. The van der Waals surface area contributed by atoms with Gasteiger partial charge in [-0.1, -0.05) is 0 Å². The van der Waals surface area contributed by atoms with E-state index in [9.17, 15) is 4.79 Å². The minimum Gasteiger partial charge on any atom is -0.497 e. The van der Waals surface area contributed by atoms with Crippen LogP contribution in [-0.2, 0) is 0 Å². The molecule has 1 amide bonds. The van der Waals surface area contributed by atoms with Crippen LogP contribution in [-0.4, -0.2) is 53.4 Å². The smallest absolute Gasteiger partial charge is 0.297 e. The van der Waals surface area contributed by atoms with Gasteiger partial charge >= 0.3 is 0 Å². The van der Waals surface area contributed by atoms with Crippen LogP contribution >= 0.6 is 0 Å². The fourth-order valence-corrected chi connectivity index (χ4v) is 2.29. The summed E-state index contributed by atoms with van der Waals surface area (Å²) in [5, 5.41) is 25.5. The first-order chi connectivity index (χ1) is 13.2. The molecule has 0 bridgehead atoms. The Labute approximate surface area is 152 Å². The van der Waals surface area contributed by atoms with Crippen molar-refractivity contribution in [1.82, 2.24) is 40.4 Å². The van der Waals surface area contributed by atoms with Crippen LogP contribution in [0.25, 0.3) is 11.4 Å². The predicted octanol–water partition coefficient (Wildman–Crippen LogP) is 0.899. The maximum absolute atomic E-state index is 12.3. The number of anilines is 1. The molecule has 0 radical (unpaired) electrons. The summed E-state index contributed by atoms with van der Waals surface area (Å²) in [5.41, 5.74) is 2.01. The fourth-order valence-electron chi connectivity index (χ4n) is 2.29. The van der Waals surface area contributed by atoms with Gasteiger partial charge in [-0.3, -0.25) is 4.79 Å². The molecule has 2 heterocycles. The van der Waals surface area contributed by atoms with Crippen LogP contribution in [0, 0.1) is 0 Å². The van der Waals surface area contributed by atoms with Gasteiger partial charge in [0.25, 0.3) is 11.7 Å². The van der Waals surface area contributed by atoms with E-state index in [1.54, 1.807) is 55.6 Å². The third kappa shape index (κ3) is 3.46. The van der Waals surface area contributed by atoms with Crippen molar-refractivity contribution in [3.63, 3.8) is 0 Å². The minimum absolute atomic E-state index is 0.0460. The molecule has 4 rings (SSSR count). The zero-order valence-electron chi connectivity index (χ0n) is 14.1. The number of aromatic nitrogens is 8. The molecule has 0 unspecified atom stereocenters. The minimum atomic E-state index is -0.468. The first-order valence-electron chi connectivity index (χ1n) is 7.82. The van der Waals surface area contributed by atoms with Gasteiger partial charge in [-0.05, 0) is 64.2 Å². The Balaban J connectivity index is 1.46. The first kappa shape index (κ1) is 16.3. The van der Waals surface area contributed by atoms with E-state index in [1.165, 1.54) is 15.8 Å². The molecule has 11 heteroatoms. The highest BCUT2D eigenvalue weighted by Crippen LogP contribution is 2.14. The molecule has 11 nitrogen and oxygen atoms in total. The second-order valence-corrected chi connectivity index (χ2v) is 5.36. The highest BCUT2D eigenvalue weighted by molar-refractivity contribution is 6.01. The van der Waals surface area contributed by atoms with E-state index in [4.69, 9.17) is 4.74 Å². The normalized spacial score (nSPS) is 10.6. The topological polar surface area (TPSA) is 126 Å². The van der Waals surface area contributed by atoms with E-state index in [0.29, 0.717) is 17.1 Å². The second kappa shape index (κ2) is 7.00. The summed E-state index contributed by atoms with van der Waals surface area (Å²) in [4.78, 5) is 13.6. The average molecular weight is 363 g/mol. The molecule has 0 saturated heterocycles. The summed E-state index contributed by atoms with van der Waals surface area (Å²) >= 11 is 0. The van der Waals surface area contributed by atoms with Crippen LogP contribution in [0.4, 0.5) is 5.69 Å². The number of tetrazole rings is 2. The highest BCUT2D eigenvalue weighted by atomic mass is 16.5. The van der Waals surface area contributed by atoms with Crippen LogP contribution in [0.2, 0.25) is 0 Å². The van der Waals surface area contributed by atoms with Gasteiger partial charge in [0.1, 0.15) is 12.1 Å². The third-order valence-electron chi connectivity index (χ3n) is 3.66. The number of carbonyl (C=O) groups is 1. The lowest BCUT2D eigenvalue weighted by Crippen LogP contribution is -2.14. The van der Waals surface area contributed by atoms with Gasteiger partial charge in [0, 0.05) is 5.69 Å². The monoisotopic (exact) mass is 363 g/mol. The predicted molar refractivity (Wildman–Crippen MR) is 92.8 cm³/mol. The summed E-state index contributed by atoms with van der Waals surface area (Å²) in [7, 11) is 1.58. The number of nitrogens with one attached hydrogen (secondary N) is 1. The number of rotatable bonds is 5. The van der Waals surface area contributed by atoms with Gasteiger partial charge in [-0.15, -0.1) is 20.1 Å². The van der Waals surface area contributed by atoms with E-state index < -0.39 is 5.91 Å². The van der Waals surface area contributed by atoms with Gasteiger partial charge in [-0.2, -0.15) is 0 Å². The average Bonchev–Trinajstić information content (AvgIpc) is 3.41. The number of carbonyl (C=O) groups excluding carboxylic acids is 1. The summed E-state index contributed by atoms with van der Waals surface area (Å²) in [6.07, 6.45) is 1.48. The Hall–Kier alpha value is -4.15. The van der Waals surface area contributed by atoms with Crippen molar-refractivity contribution in [1.29, 1.82) is 0 Å². The first-order valence-corrected chi connectivity index (χ1v) is 7.82.